The molecule has 2 aliphatic heterocycles. The highest BCUT2D eigenvalue weighted by molar-refractivity contribution is 7.17. The van der Waals surface area contributed by atoms with Crippen LogP contribution in [0.3, 0.4) is 0 Å². The summed E-state index contributed by atoms with van der Waals surface area (Å²) in [6.45, 7) is 6.59. The molecule has 0 unspecified atom stereocenters. The molecule has 3 aromatic rings. The zero-order chi connectivity index (χ0) is 24.2. The zero-order valence-corrected chi connectivity index (χ0v) is 20.7. The van der Waals surface area contributed by atoms with Gasteiger partial charge in [0.1, 0.15) is 0 Å². The number of likely N-dealkylation sites (N-methyl/N-ethyl adjacent to an activating group) is 1. The molecule has 0 spiro atoms. The maximum Gasteiger partial charge on any atom is 0.265 e. The second-order valence-corrected chi connectivity index (χ2v) is 10.0. The number of nitrogens with zero attached hydrogens (tertiary/aromatic N) is 3. The highest BCUT2D eigenvalue weighted by atomic mass is 32.1. The first-order valence-electron chi connectivity index (χ1n) is 12.0. The van der Waals surface area contributed by atoms with Gasteiger partial charge in [-0.25, -0.2) is 0 Å². The molecular weight excluding hydrogens is 460 g/mol. The molecule has 7 nitrogen and oxygen atoms in total. The van der Waals surface area contributed by atoms with Crippen molar-refractivity contribution in [3.05, 3.63) is 71.1 Å². The van der Waals surface area contributed by atoms with E-state index < -0.39 is 0 Å². The molecule has 0 bridgehead atoms. The molecule has 2 aromatic carbocycles. The summed E-state index contributed by atoms with van der Waals surface area (Å²) >= 11 is 1.45. The van der Waals surface area contributed by atoms with Gasteiger partial charge >= 0.3 is 0 Å². The molecule has 0 atom stereocenters. The number of piperazine rings is 1. The molecule has 1 aromatic heterocycles. The van der Waals surface area contributed by atoms with E-state index in [4.69, 9.17) is 4.74 Å². The highest BCUT2D eigenvalue weighted by Crippen LogP contribution is 2.29. The predicted molar refractivity (Wildman–Crippen MR) is 141 cm³/mol. The third-order valence-corrected chi connectivity index (χ3v) is 7.67. The van der Waals surface area contributed by atoms with Crippen molar-refractivity contribution in [1.29, 1.82) is 0 Å². The van der Waals surface area contributed by atoms with Crippen molar-refractivity contribution in [2.24, 2.45) is 0 Å². The van der Waals surface area contributed by atoms with E-state index in [0.29, 0.717) is 10.4 Å². The molecule has 2 amide bonds. The molecule has 0 saturated carbocycles. The minimum absolute atomic E-state index is 0.0792. The number of amides is 2. The van der Waals surface area contributed by atoms with Crippen molar-refractivity contribution < 1.29 is 14.3 Å². The van der Waals surface area contributed by atoms with Crippen molar-refractivity contribution in [2.75, 3.05) is 69.7 Å². The fourth-order valence-corrected chi connectivity index (χ4v) is 5.26. The van der Waals surface area contributed by atoms with Gasteiger partial charge in [0.2, 0.25) is 0 Å². The standard InChI is InChI=1S/C27H30N4O3S/c1-29-12-14-31(15-13-29)27(33)21-4-2-20(3-5-21)24-10-11-25(35-24)26(32)28-22-6-8-23(9-7-22)30-16-18-34-19-17-30/h2-11H,12-19H2,1H3,(H,28,32). The number of hydrogen-bond donors (Lipinski definition) is 1. The average Bonchev–Trinajstić information content (AvgIpc) is 3.41. The van der Waals surface area contributed by atoms with E-state index >= 15 is 0 Å². The molecular formula is C27H30N4O3S. The van der Waals surface area contributed by atoms with E-state index in [-0.39, 0.29) is 11.8 Å². The monoisotopic (exact) mass is 490 g/mol. The number of thiophene rings is 1. The Hall–Kier alpha value is -3.20. The minimum atomic E-state index is -0.123. The lowest BCUT2D eigenvalue weighted by atomic mass is 10.1. The summed E-state index contributed by atoms with van der Waals surface area (Å²) in [5.41, 5.74) is 3.61. The second kappa shape index (κ2) is 10.6. The summed E-state index contributed by atoms with van der Waals surface area (Å²) in [4.78, 5) is 33.7. The Bertz CT molecular complexity index is 1160. The Morgan fingerprint density at radius 1 is 0.829 bits per heavy atom. The first-order chi connectivity index (χ1) is 17.1. The number of anilines is 2. The summed E-state index contributed by atoms with van der Waals surface area (Å²) in [5, 5.41) is 2.99. The summed E-state index contributed by atoms with van der Waals surface area (Å²) in [7, 11) is 2.08. The summed E-state index contributed by atoms with van der Waals surface area (Å²) in [5.74, 6) is -0.0437. The fourth-order valence-electron chi connectivity index (χ4n) is 4.35. The molecule has 5 rings (SSSR count). The van der Waals surface area contributed by atoms with E-state index in [9.17, 15) is 9.59 Å². The molecule has 0 aliphatic carbocycles. The summed E-state index contributed by atoms with van der Waals surface area (Å²) in [6, 6.07) is 19.4. The van der Waals surface area contributed by atoms with Crippen LogP contribution in [0.25, 0.3) is 10.4 Å². The number of carbonyl (C=O) groups is 2. The lowest BCUT2D eigenvalue weighted by molar-refractivity contribution is 0.0664. The number of benzene rings is 2. The SMILES string of the molecule is CN1CCN(C(=O)c2ccc(-c3ccc(C(=O)Nc4ccc(N5CCOCC5)cc4)s3)cc2)CC1. The van der Waals surface area contributed by atoms with Crippen LogP contribution in [-0.2, 0) is 4.74 Å². The third kappa shape index (κ3) is 5.56. The Morgan fingerprint density at radius 3 is 2.20 bits per heavy atom. The molecule has 1 N–H and O–H groups in total. The van der Waals surface area contributed by atoms with Gasteiger partial charge in [-0.1, -0.05) is 12.1 Å². The van der Waals surface area contributed by atoms with Crippen molar-refractivity contribution in [3.63, 3.8) is 0 Å². The number of morpholine rings is 1. The Labute approximate surface area is 209 Å². The maximum atomic E-state index is 12.8. The Morgan fingerprint density at radius 2 is 1.51 bits per heavy atom. The van der Waals surface area contributed by atoms with Gasteiger partial charge in [-0.3, -0.25) is 9.59 Å². The molecule has 3 heterocycles. The molecule has 0 radical (unpaired) electrons. The van der Waals surface area contributed by atoms with Gasteiger partial charge in [-0.2, -0.15) is 0 Å². The van der Waals surface area contributed by atoms with Crippen LogP contribution in [0.1, 0.15) is 20.0 Å². The van der Waals surface area contributed by atoms with Crippen molar-refractivity contribution in [1.82, 2.24) is 9.80 Å². The Kier molecular flexibility index (Phi) is 7.13. The van der Waals surface area contributed by atoms with Gasteiger partial charge in [0.05, 0.1) is 18.1 Å². The first-order valence-corrected chi connectivity index (χ1v) is 12.8. The van der Waals surface area contributed by atoms with Crippen molar-refractivity contribution in [3.8, 4) is 10.4 Å². The molecule has 2 saturated heterocycles. The van der Waals surface area contributed by atoms with Gasteiger partial charge in [0, 0.05) is 61.1 Å². The van der Waals surface area contributed by atoms with Crippen LogP contribution in [0, 0.1) is 0 Å². The van der Waals surface area contributed by atoms with Crippen molar-refractivity contribution in [2.45, 2.75) is 0 Å². The van der Waals surface area contributed by atoms with Crippen LogP contribution in [0.2, 0.25) is 0 Å². The minimum Gasteiger partial charge on any atom is -0.378 e. The second-order valence-electron chi connectivity index (χ2n) is 8.94. The van der Waals surface area contributed by atoms with E-state index in [2.05, 4.69) is 22.2 Å². The lowest BCUT2D eigenvalue weighted by Gasteiger charge is -2.32. The van der Waals surface area contributed by atoms with E-state index in [1.54, 1.807) is 0 Å². The number of nitrogens with one attached hydrogen (secondary N) is 1. The summed E-state index contributed by atoms with van der Waals surface area (Å²) < 4.78 is 5.41. The predicted octanol–water partition coefficient (Wildman–Crippen LogP) is 3.89. The highest BCUT2D eigenvalue weighted by Gasteiger charge is 2.20. The molecule has 8 heteroatoms. The molecule has 35 heavy (non-hydrogen) atoms. The Balaban J connectivity index is 1.20. The fraction of sp³-hybridized carbons (Fsp3) is 0.333. The van der Waals surface area contributed by atoms with Crippen molar-refractivity contribution >= 4 is 34.5 Å². The maximum absolute atomic E-state index is 12.8. The lowest BCUT2D eigenvalue weighted by Crippen LogP contribution is -2.47. The van der Waals surface area contributed by atoms with Crippen LogP contribution in [0.5, 0.6) is 0 Å². The number of ether oxygens (including phenoxy) is 1. The number of carbonyl (C=O) groups excluding carboxylic acids is 2. The number of hydrogen-bond acceptors (Lipinski definition) is 6. The first kappa shape index (κ1) is 23.5. The van der Waals surface area contributed by atoms with E-state index in [0.717, 1.165) is 74.3 Å². The topological polar surface area (TPSA) is 65.1 Å². The van der Waals surface area contributed by atoms with Gasteiger partial charge in [-0.05, 0) is 61.1 Å². The quantitative estimate of drug-likeness (QED) is 0.588. The van der Waals surface area contributed by atoms with Gasteiger partial charge in [0.25, 0.3) is 11.8 Å². The van der Waals surface area contributed by atoms with Gasteiger partial charge in [0.15, 0.2) is 0 Å². The average molecular weight is 491 g/mol. The van der Waals surface area contributed by atoms with E-state index in [1.165, 1.54) is 11.3 Å². The number of rotatable bonds is 5. The van der Waals surface area contributed by atoms with Crippen LogP contribution in [0.4, 0.5) is 11.4 Å². The third-order valence-electron chi connectivity index (χ3n) is 6.54. The van der Waals surface area contributed by atoms with Crippen LogP contribution in [-0.4, -0.2) is 81.1 Å². The normalized spacial score (nSPS) is 16.8. The molecule has 182 valence electrons. The summed E-state index contributed by atoms with van der Waals surface area (Å²) in [6.07, 6.45) is 0. The van der Waals surface area contributed by atoms with Gasteiger partial charge in [-0.15, -0.1) is 11.3 Å². The smallest absolute Gasteiger partial charge is 0.265 e. The molecule has 2 aliphatic rings. The largest absolute Gasteiger partial charge is 0.378 e. The molecule has 2 fully saturated rings. The van der Waals surface area contributed by atoms with Gasteiger partial charge < -0.3 is 24.8 Å². The van der Waals surface area contributed by atoms with E-state index in [1.807, 2.05) is 65.6 Å². The van der Waals surface area contributed by atoms with Crippen LogP contribution in [0.15, 0.2) is 60.7 Å². The van der Waals surface area contributed by atoms with Crippen LogP contribution < -0.4 is 10.2 Å². The van der Waals surface area contributed by atoms with Crippen LogP contribution >= 0.6 is 11.3 Å². The zero-order valence-electron chi connectivity index (χ0n) is 19.9.